The van der Waals surface area contributed by atoms with E-state index in [1.807, 2.05) is 12.1 Å². The predicted octanol–water partition coefficient (Wildman–Crippen LogP) is 7.91. The van der Waals surface area contributed by atoms with Crippen molar-refractivity contribution in [1.29, 1.82) is 0 Å². The molecule has 0 amide bonds. The van der Waals surface area contributed by atoms with Crippen LogP contribution in [0.15, 0.2) is 119 Å². The van der Waals surface area contributed by atoms with Crippen LogP contribution in [-0.4, -0.2) is 16.2 Å². The topological polar surface area (TPSA) is 41.7 Å². The minimum Gasteiger partial charge on any atom is -0.328 e. The molecule has 0 radical (unpaired) electrons. The zero-order valence-corrected chi connectivity index (χ0v) is 27.7. The second kappa shape index (κ2) is 11.7. The van der Waals surface area contributed by atoms with Gasteiger partial charge in [-0.1, -0.05) is 130 Å². The molecule has 0 spiro atoms. The summed E-state index contributed by atoms with van der Waals surface area (Å²) in [5.41, 5.74) is 9.08. The van der Waals surface area contributed by atoms with Crippen molar-refractivity contribution < 1.29 is 0 Å². The molecular weight excluding hydrogens is 573 g/mol. The molecule has 1 N–H and O–H groups in total. The summed E-state index contributed by atoms with van der Waals surface area (Å²) in [6.45, 7) is 9.26. The van der Waals surface area contributed by atoms with Gasteiger partial charge in [-0.05, 0) is 71.6 Å². The molecule has 4 heteroatoms. The van der Waals surface area contributed by atoms with E-state index in [4.69, 9.17) is 9.98 Å². The zero-order chi connectivity index (χ0) is 32.1. The van der Waals surface area contributed by atoms with E-state index < -0.39 is 0 Å². The van der Waals surface area contributed by atoms with Gasteiger partial charge in [0.2, 0.25) is 0 Å². The van der Waals surface area contributed by atoms with E-state index in [0.29, 0.717) is 11.8 Å². The molecule has 8 rings (SSSR count). The SMILES string of the molecule is C/C=C\c1c(CC)c2c(n1C1=CC(C3=NC(c4ccccc4)N=C(c4ccccc4)N3)CC=C1)=CC1C(C=2)c2ccccc2C1(C)C. The van der Waals surface area contributed by atoms with Gasteiger partial charge >= 0.3 is 0 Å². The first-order chi connectivity index (χ1) is 23.0. The fourth-order valence-electron chi connectivity index (χ4n) is 8.24. The minimum absolute atomic E-state index is 0.0530. The number of hydrogen-bond acceptors (Lipinski definition) is 3. The van der Waals surface area contributed by atoms with Gasteiger partial charge in [0.25, 0.3) is 0 Å². The predicted molar refractivity (Wildman–Crippen MR) is 197 cm³/mol. The number of aliphatic imine (C=N–C) groups is 2. The third kappa shape index (κ3) is 4.90. The van der Waals surface area contributed by atoms with Crippen LogP contribution in [0.4, 0.5) is 0 Å². The summed E-state index contributed by atoms with van der Waals surface area (Å²) in [7, 11) is 0. The average Bonchev–Trinajstić information content (AvgIpc) is 3.55. The molecule has 4 aromatic rings. The van der Waals surface area contributed by atoms with Crippen LogP contribution in [0.25, 0.3) is 23.9 Å². The van der Waals surface area contributed by atoms with Crippen LogP contribution in [-0.2, 0) is 11.8 Å². The Morgan fingerprint density at radius 2 is 1.64 bits per heavy atom. The van der Waals surface area contributed by atoms with Crippen LogP contribution in [0, 0.1) is 11.8 Å². The van der Waals surface area contributed by atoms with Crippen molar-refractivity contribution in [2.45, 2.75) is 58.0 Å². The molecule has 2 heterocycles. The number of fused-ring (bicyclic) bond motifs is 4. The first-order valence-corrected chi connectivity index (χ1v) is 17.1. The fourth-order valence-corrected chi connectivity index (χ4v) is 8.24. The van der Waals surface area contributed by atoms with Crippen LogP contribution in [0.1, 0.15) is 79.7 Å². The van der Waals surface area contributed by atoms with Gasteiger partial charge in [0.05, 0.1) is 0 Å². The molecule has 4 unspecified atom stereocenters. The minimum atomic E-state index is -0.291. The van der Waals surface area contributed by atoms with Crippen LogP contribution in [0.3, 0.4) is 0 Å². The van der Waals surface area contributed by atoms with Crippen molar-refractivity contribution in [3.63, 3.8) is 0 Å². The molecule has 0 saturated carbocycles. The zero-order valence-electron chi connectivity index (χ0n) is 27.7. The molecule has 4 nitrogen and oxygen atoms in total. The van der Waals surface area contributed by atoms with Crippen LogP contribution < -0.4 is 15.9 Å². The smallest absolute Gasteiger partial charge is 0.169 e. The van der Waals surface area contributed by atoms with Crippen molar-refractivity contribution in [2.24, 2.45) is 21.8 Å². The third-order valence-electron chi connectivity index (χ3n) is 10.6. The lowest BCUT2D eigenvalue weighted by Crippen LogP contribution is -2.40. The lowest BCUT2D eigenvalue weighted by atomic mass is 9.74. The number of nitrogens with one attached hydrogen (secondary N) is 1. The van der Waals surface area contributed by atoms with Gasteiger partial charge in [-0.3, -0.25) is 0 Å². The number of allylic oxidation sites excluding steroid dienone is 4. The van der Waals surface area contributed by atoms with Crippen molar-refractivity contribution in [1.82, 2.24) is 9.88 Å². The van der Waals surface area contributed by atoms with Crippen molar-refractivity contribution in [3.8, 4) is 0 Å². The van der Waals surface area contributed by atoms with Gasteiger partial charge in [0.1, 0.15) is 11.7 Å². The standard InChI is InChI=1S/C43H42N4/c1-5-16-38-32(6-2)35-26-34-33-23-13-14-24-36(33)43(3,4)37(34)27-39(35)47(38)31-22-15-21-30(25-31)42-45-40(28-17-9-7-10-18-28)44-41(46-42)29-19-11-8-12-20-29/h5,7-20,22-27,30,34,37,40H,6,21H2,1-4H3,(H,44,45,46)/b16-5-. The monoisotopic (exact) mass is 614 g/mol. The Morgan fingerprint density at radius 1 is 0.894 bits per heavy atom. The van der Waals surface area contributed by atoms with E-state index in [-0.39, 0.29) is 17.5 Å². The van der Waals surface area contributed by atoms with E-state index in [2.05, 4.69) is 153 Å². The molecule has 0 saturated heterocycles. The van der Waals surface area contributed by atoms with Gasteiger partial charge in [-0.2, -0.15) is 0 Å². The van der Waals surface area contributed by atoms with Gasteiger partial charge in [0.15, 0.2) is 6.17 Å². The molecule has 0 bridgehead atoms. The molecule has 234 valence electrons. The highest BCUT2D eigenvalue weighted by Gasteiger charge is 2.45. The summed E-state index contributed by atoms with van der Waals surface area (Å²) < 4.78 is 2.52. The first-order valence-electron chi connectivity index (χ1n) is 17.1. The quantitative estimate of drug-likeness (QED) is 0.236. The van der Waals surface area contributed by atoms with Crippen LogP contribution in [0.2, 0.25) is 0 Å². The number of hydrogen-bond donors (Lipinski definition) is 1. The molecule has 47 heavy (non-hydrogen) atoms. The third-order valence-corrected chi connectivity index (χ3v) is 10.6. The van der Waals surface area contributed by atoms with E-state index >= 15 is 0 Å². The van der Waals surface area contributed by atoms with E-state index in [1.54, 1.807) is 0 Å². The molecule has 1 aromatic heterocycles. The highest BCUT2D eigenvalue weighted by atomic mass is 15.2. The van der Waals surface area contributed by atoms with Gasteiger partial charge in [-0.25, -0.2) is 9.98 Å². The lowest BCUT2D eigenvalue weighted by molar-refractivity contribution is 0.421. The molecule has 3 aromatic carbocycles. The number of benzene rings is 3. The maximum absolute atomic E-state index is 5.24. The van der Waals surface area contributed by atoms with Crippen molar-refractivity contribution in [3.05, 3.63) is 153 Å². The summed E-state index contributed by atoms with van der Waals surface area (Å²) in [5, 5.41) is 6.38. The second-order valence-electron chi connectivity index (χ2n) is 13.6. The number of amidine groups is 2. The summed E-state index contributed by atoms with van der Waals surface area (Å²) in [6, 6.07) is 29.9. The largest absolute Gasteiger partial charge is 0.328 e. The van der Waals surface area contributed by atoms with E-state index in [9.17, 15) is 0 Å². The number of nitrogens with zero attached hydrogens (tertiary/aromatic N) is 3. The van der Waals surface area contributed by atoms with E-state index in [1.165, 1.54) is 38.6 Å². The fraction of sp³-hybridized carbons (Fsp3) is 0.256. The lowest BCUT2D eigenvalue weighted by Gasteiger charge is -2.30. The molecule has 0 fully saturated rings. The Labute approximate surface area is 278 Å². The number of aromatic nitrogens is 1. The molecule has 3 aliphatic carbocycles. The van der Waals surface area contributed by atoms with Gasteiger partial charge in [0, 0.05) is 39.4 Å². The highest BCUT2D eigenvalue weighted by Crippen LogP contribution is 2.52. The van der Waals surface area contributed by atoms with Crippen LogP contribution in [0.5, 0.6) is 0 Å². The maximum atomic E-state index is 5.24. The number of rotatable bonds is 6. The average molecular weight is 615 g/mol. The molecule has 1 aliphatic heterocycles. The Bertz CT molecular complexity index is 2120. The Balaban J connectivity index is 1.26. The van der Waals surface area contributed by atoms with Crippen molar-refractivity contribution in [2.75, 3.05) is 0 Å². The maximum Gasteiger partial charge on any atom is 0.169 e. The Morgan fingerprint density at radius 3 is 2.40 bits per heavy atom. The normalized spacial score (nSPS) is 23.8. The first kappa shape index (κ1) is 29.4. The van der Waals surface area contributed by atoms with Gasteiger partial charge in [-0.15, -0.1) is 0 Å². The van der Waals surface area contributed by atoms with Gasteiger partial charge < -0.3 is 9.88 Å². The molecular formula is C43H42N4. The molecule has 4 aliphatic rings. The van der Waals surface area contributed by atoms with E-state index in [0.717, 1.165) is 35.6 Å². The Kier molecular flexibility index (Phi) is 7.32. The summed E-state index contributed by atoms with van der Waals surface area (Å²) in [6.07, 6.45) is 18.3. The highest BCUT2D eigenvalue weighted by molar-refractivity contribution is 6.11. The van der Waals surface area contributed by atoms with Crippen LogP contribution >= 0.6 is 0 Å². The second-order valence-corrected chi connectivity index (χ2v) is 13.6. The van der Waals surface area contributed by atoms with Crippen molar-refractivity contribution >= 4 is 35.6 Å². The molecule has 4 atom stereocenters. The Hall–Kier alpha value is -4.96. The summed E-state index contributed by atoms with van der Waals surface area (Å²) >= 11 is 0. The summed E-state index contributed by atoms with van der Waals surface area (Å²) in [5.74, 6) is 2.70. The summed E-state index contributed by atoms with van der Waals surface area (Å²) in [4.78, 5) is 10.3.